The van der Waals surface area contributed by atoms with E-state index >= 15 is 0 Å². The minimum absolute atomic E-state index is 0.108. The van der Waals surface area contributed by atoms with Crippen molar-refractivity contribution in [3.63, 3.8) is 0 Å². The van der Waals surface area contributed by atoms with Crippen molar-refractivity contribution < 1.29 is 14.3 Å². The van der Waals surface area contributed by atoms with Gasteiger partial charge in [0.05, 0.1) is 25.0 Å². The van der Waals surface area contributed by atoms with Gasteiger partial charge in [-0.1, -0.05) is 0 Å². The quantitative estimate of drug-likeness (QED) is 0.819. The summed E-state index contributed by atoms with van der Waals surface area (Å²) in [5, 5.41) is 4.12. The highest BCUT2D eigenvalue weighted by Gasteiger charge is 2.44. The van der Waals surface area contributed by atoms with Crippen LogP contribution in [0.15, 0.2) is 12.4 Å². The lowest BCUT2D eigenvalue weighted by Crippen LogP contribution is -2.50. The number of likely N-dealkylation sites (tertiary alicyclic amines) is 1. The number of carbonyl (C=O) groups excluding carboxylic acids is 1. The van der Waals surface area contributed by atoms with Crippen LogP contribution in [0.1, 0.15) is 42.5 Å². The lowest BCUT2D eigenvalue weighted by atomic mass is 9.66. The Labute approximate surface area is 149 Å². The molecule has 2 aliphatic heterocycles. The predicted molar refractivity (Wildman–Crippen MR) is 93.2 cm³/mol. The molecule has 3 fully saturated rings. The van der Waals surface area contributed by atoms with Crippen LogP contribution < -0.4 is 0 Å². The molecule has 1 saturated carbocycles. The third-order valence-electron chi connectivity index (χ3n) is 6.30. The Kier molecular flexibility index (Phi) is 4.82. The van der Waals surface area contributed by atoms with Gasteiger partial charge in [0.2, 0.25) is 0 Å². The van der Waals surface area contributed by atoms with Crippen molar-refractivity contribution in [3.05, 3.63) is 18.0 Å². The molecule has 6 nitrogen and oxygen atoms in total. The first-order valence-electron chi connectivity index (χ1n) is 9.60. The maximum atomic E-state index is 12.6. The fraction of sp³-hybridized carbons (Fsp3) is 0.789. The molecule has 0 radical (unpaired) electrons. The summed E-state index contributed by atoms with van der Waals surface area (Å²) in [5.41, 5.74) is 0.975. The molecule has 1 amide bonds. The third-order valence-corrected chi connectivity index (χ3v) is 6.30. The molecular weight excluding hydrogens is 318 g/mol. The first-order chi connectivity index (χ1) is 12.2. The van der Waals surface area contributed by atoms with Crippen LogP contribution in [0, 0.1) is 17.3 Å². The first-order valence-corrected chi connectivity index (χ1v) is 9.60. The normalized spacial score (nSPS) is 26.1. The minimum atomic E-state index is 0.108. The summed E-state index contributed by atoms with van der Waals surface area (Å²) in [6.45, 7) is 5.03. The van der Waals surface area contributed by atoms with E-state index in [1.807, 2.05) is 11.9 Å². The van der Waals surface area contributed by atoms with Crippen molar-refractivity contribution in [2.75, 3.05) is 39.5 Å². The molecule has 0 bridgehead atoms. The van der Waals surface area contributed by atoms with Gasteiger partial charge < -0.3 is 14.4 Å². The molecule has 1 spiro atoms. The third kappa shape index (κ3) is 3.75. The van der Waals surface area contributed by atoms with Gasteiger partial charge in [-0.3, -0.25) is 9.48 Å². The lowest BCUT2D eigenvalue weighted by molar-refractivity contribution is -0.0975. The number of amides is 1. The van der Waals surface area contributed by atoms with E-state index in [9.17, 15) is 4.79 Å². The topological polar surface area (TPSA) is 56.6 Å². The number of nitrogens with zero attached hydrogens (tertiary/aromatic N) is 3. The summed E-state index contributed by atoms with van der Waals surface area (Å²) >= 11 is 0. The summed E-state index contributed by atoms with van der Waals surface area (Å²) in [6.07, 6.45) is 9.33. The number of piperidine rings is 1. The van der Waals surface area contributed by atoms with E-state index in [0.29, 0.717) is 11.5 Å². The smallest absolute Gasteiger partial charge is 0.257 e. The van der Waals surface area contributed by atoms with Gasteiger partial charge in [0, 0.05) is 45.5 Å². The highest BCUT2D eigenvalue weighted by molar-refractivity contribution is 5.93. The number of rotatable bonds is 5. The summed E-state index contributed by atoms with van der Waals surface area (Å²) < 4.78 is 13.4. The van der Waals surface area contributed by atoms with E-state index in [4.69, 9.17) is 9.47 Å². The van der Waals surface area contributed by atoms with Gasteiger partial charge >= 0.3 is 0 Å². The van der Waals surface area contributed by atoms with Crippen molar-refractivity contribution in [1.82, 2.24) is 14.7 Å². The Hall–Kier alpha value is -1.40. The number of aromatic nitrogens is 2. The van der Waals surface area contributed by atoms with Crippen LogP contribution in [0.4, 0.5) is 0 Å². The average molecular weight is 347 g/mol. The second-order valence-corrected chi connectivity index (χ2v) is 8.06. The van der Waals surface area contributed by atoms with Crippen molar-refractivity contribution in [2.45, 2.75) is 32.1 Å². The van der Waals surface area contributed by atoms with Crippen molar-refractivity contribution in [2.24, 2.45) is 24.3 Å². The van der Waals surface area contributed by atoms with E-state index in [1.165, 1.54) is 12.8 Å². The Bertz CT molecular complexity index is 603. The zero-order valence-electron chi connectivity index (χ0n) is 15.2. The first kappa shape index (κ1) is 17.0. The predicted octanol–water partition coefficient (Wildman–Crippen LogP) is 2.11. The van der Waals surface area contributed by atoms with Gasteiger partial charge in [0.15, 0.2) is 0 Å². The second kappa shape index (κ2) is 7.08. The minimum Gasteiger partial charge on any atom is -0.381 e. The fourth-order valence-electron chi connectivity index (χ4n) is 4.30. The maximum Gasteiger partial charge on any atom is 0.257 e. The van der Waals surface area contributed by atoms with Crippen molar-refractivity contribution >= 4 is 5.91 Å². The summed E-state index contributed by atoms with van der Waals surface area (Å²) in [6, 6.07) is 0. The monoisotopic (exact) mass is 347 g/mol. The zero-order chi connectivity index (χ0) is 17.3. The molecule has 1 atom stereocenters. The van der Waals surface area contributed by atoms with Crippen LogP contribution in [-0.4, -0.2) is 60.1 Å². The molecule has 1 aromatic rings. The van der Waals surface area contributed by atoms with E-state index < -0.39 is 0 Å². The molecule has 25 heavy (non-hydrogen) atoms. The van der Waals surface area contributed by atoms with Gasteiger partial charge in [-0.2, -0.15) is 5.10 Å². The molecule has 3 heterocycles. The van der Waals surface area contributed by atoms with Gasteiger partial charge in [-0.05, 0) is 43.4 Å². The van der Waals surface area contributed by atoms with Crippen LogP contribution in [0.25, 0.3) is 0 Å². The number of carbonyl (C=O) groups is 1. The zero-order valence-corrected chi connectivity index (χ0v) is 15.2. The molecule has 1 unspecified atom stereocenters. The Morgan fingerprint density at radius 3 is 2.80 bits per heavy atom. The second-order valence-electron chi connectivity index (χ2n) is 8.06. The Morgan fingerprint density at radius 2 is 2.12 bits per heavy atom. The summed E-state index contributed by atoms with van der Waals surface area (Å²) in [4.78, 5) is 14.6. The fourth-order valence-corrected chi connectivity index (χ4v) is 4.30. The molecular formula is C19H29N3O3. The maximum absolute atomic E-state index is 12.6. The van der Waals surface area contributed by atoms with Crippen molar-refractivity contribution in [1.29, 1.82) is 0 Å². The number of hydrogen-bond acceptors (Lipinski definition) is 4. The standard InChI is InChI=1S/C19H29N3O3/c1-21-11-16(10-20-21)18(23)22-7-4-19(5-8-22)6-9-24-13-17(19)14-25-12-15-2-3-15/h10-11,15,17H,2-9,12-14H2,1H3. The van der Waals surface area contributed by atoms with Gasteiger partial charge in [-0.25, -0.2) is 0 Å². The molecule has 1 aliphatic carbocycles. The molecule has 138 valence electrons. The molecule has 3 aliphatic rings. The van der Waals surface area contributed by atoms with E-state index in [-0.39, 0.29) is 11.3 Å². The van der Waals surface area contributed by atoms with E-state index in [2.05, 4.69) is 5.10 Å². The number of aryl methyl sites for hydroxylation is 1. The molecule has 2 saturated heterocycles. The van der Waals surface area contributed by atoms with Crippen LogP contribution in [0.5, 0.6) is 0 Å². The van der Waals surface area contributed by atoms with Crippen LogP contribution in [-0.2, 0) is 16.5 Å². The molecule has 4 rings (SSSR count). The number of ether oxygens (including phenoxy) is 2. The van der Waals surface area contributed by atoms with Crippen LogP contribution >= 0.6 is 0 Å². The Balaban J connectivity index is 1.35. The molecule has 0 N–H and O–H groups in total. The van der Waals surface area contributed by atoms with Crippen LogP contribution in [0.2, 0.25) is 0 Å². The van der Waals surface area contributed by atoms with Crippen LogP contribution in [0.3, 0.4) is 0 Å². The highest BCUT2D eigenvalue weighted by Crippen LogP contribution is 2.45. The molecule has 0 aromatic carbocycles. The number of hydrogen-bond donors (Lipinski definition) is 0. The van der Waals surface area contributed by atoms with Crippen molar-refractivity contribution in [3.8, 4) is 0 Å². The van der Waals surface area contributed by atoms with Gasteiger partial charge in [-0.15, -0.1) is 0 Å². The van der Waals surface area contributed by atoms with E-state index in [1.54, 1.807) is 17.1 Å². The Morgan fingerprint density at radius 1 is 1.32 bits per heavy atom. The molecule has 1 aromatic heterocycles. The van der Waals surface area contributed by atoms with E-state index in [0.717, 1.165) is 64.7 Å². The lowest BCUT2D eigenvalue weighted by Gasteiger charge is -2.49. The van der Waals surface area contributed by atoms with Gasteiger partial charge in [0.25, 0.3) is 5.91 Å². The molecule has 6 heteroatoms. The summed E-state index contributed by atoms with van der Waals surface area (Å²) in [5.74, 6) is 1.38. The average Bonchev–Trinajstić information content (AvgIpc) is 3.35. The largest absolute Gasteiger partial charge is 0.381 e. The summed E-state index contributed by atoms with van der Waals surface area (Å²) in [7, 11) is 1.84. The SMILES string of the molecule is Cn1cc(C(=O)N2CCC3(CCOCC3COCC3CC3)CC2)cn1. The highest BCUT2D eigenvalue weighted by atomic mass is 16.5. The van der Waals surface area contributed by atoms with Gasteiger partial charge in [0.1, 0.15) is 0 Å².